The molecule has 2 nitrogen and oxygen atoms in total. The van der Waals surface area contributed by atoms with Crippen LogP contribution in [0.15, 0.2) is 18.2 Å². The molecule has 2 heteroatoms. The zero-order chi connectivity index (χ0) is 9.68. The van der Waals surface area contributed by atoms with Crippen molar-refractivity contribution in [2.24, 2.45) is 0 Å². The Morgan fingerprint density at radius 2 is 2.15 bits per heavy atom. The van der Waals surface area contributed by atoms with Crippen LogP contribution < -0.4 is 5.48 Å². The quantitative estimate of drug-likeness (QED) is 0.715. The maximum Gasteiger partial charge on any atom is 0.0572 e. The van der Waals surface area contributed by atoms with Crippen molar-refractivity contribution >= 4 is 0 Å². The van der Waals surface area contributed by atoms with E-state index in [-0.39, 0.29) is 0 Å². The van der Waals surface area contributed by atoms with Crippen molar-refractivity contribution < 1.29 is 4.84 Å². The molecule has 13 heavy (non-hydrogen) atoms. The molecule has 0 aliphatic carbocycles. The number of nitrogens with one attached hydrogen (secondary N) is 1. The Balaban J connectivity index is 2.78. The van der Waals surface area contributed by atoms with Crippen LogP contribution in [0.4, 0.5) is 0 Å². The third-order valence-corrected chi connectivity index (χ3v) is 2.23. The van der Waals surface area contributed by atoms with Gasteiger partial charge in [0.2, 0.25) is 0 Å². The summed E-state index contributed by atoms with van der Waals surface area (Å²) in [6.07, 6.45) is 1.08. The molecule has 72 valence electrons. The lowest BCUT2D eigenvalue weighted by Crippen LogP contribution is -2.11. The van der Waals surface area contributed by atoms with Gasteiger partial charge in [0.1, 0.15) is 0 Å². The smallest absolute Gasteiger partial charge is 0.0572 e. The highest BCUT2D eigenvalue weighted by atomic mass is 16.6. The summed E-state index contributed by atoms with van der Waals surface area (Å²) in [6.45, 7) is 5.06. The van der Waals surface area contributed by atoms with E-state index in [0.717, 1.165) is 13.0 Å². The van der Waals surface area contributed by atoms with E-state index in [2.05, 4.69) is 37.5 Å². The standard InChI is InChI=1S/C11H17NO/c1-4-10-6-5-9(2)11(7-10)8-12-13-3/h5-7,12H,4,8H2,1-3H3. The summed E-state index contributed by atoms with van der Waals surface area (Å²) in [4.78, 5) is 4.82. The number of benzene rings is 1. The first-order valence-corrected chi connectivity index (χ1v) is 4.62. The number of hydrogen-bond acceptors (Lipinski definition) is 2. The van der Waals surface area contributed by atoms with Crippen LogP contribution in [0.25, 0.3) is 0 Å². The van der Waals surface area contributed by atoms with Crippen molar-refractivity contribution in [1.82, 2.24) is 5.48 Å². The highest BCUT2D eigenvalue weighted by Crippen LogP contribution is 2.11. The summed E-state index contributed by atoms with van der Waals surface area (Å²) in [5, 5.41) is 0. The van der Waals surface area contributed by atoms with Crippen molar-refractivity contribution in [3.05, 3.63) is 34.9 Å². The van der Waals surface area contributed by atoms with Gasteiger partial charge in [-0.3, -0.25) is 0 Å². The molecule has 1 N–H and O–H groups in total. The highest BCUT2D eigenvalue weighted by Gasteiger charge is 1.98. The van der Waals surface area contributed by atoms with Gasteiger partial charge in [-0.05, 0) is 30.0 Å². The monoisotopic (exact) mass is 179 g/mol. The van der Waals surface area contributed by atoms with E-state index in [4.69, 9.17) is 4.84 Å². The molecule has 0 saturated heterocycles. The second-order valence-corrected chi connectivity index (χ2v) is 3.14. The van der Waals surface area contributed by atoms with Crippen LogP contribution in [0.2, 0.25) is 0 Å². The fraction of sp³-hybridized carbons (Fsp3) is 0.455. The second-order valence-electron chi connectivity index (χ2n) is 3.14. The summed E-state index contributed by atoms with van der Waals surface area (Å²) in [7, 11) is 1.64. The molecule has 1 aromatic carbocycles. The van der Waals surface area contributed by atoms with Crippen LogP contribution in [-0.2, 0) is 17.8 Å². The highest BCUT2D eigenvalue weighted by molar-refractivity contribution is 5.30. The number of rotatable bonds is 4. The fourth-order valence-corrected chi connectivity index (χ4v) is 1.29. The van der Waals surface area contributed by atoms with Crippen LogP contribution in [-0.4, -0.2) is 7.11 Å². The van der Waals surface area contributed by atoms with E-state index < -0.39 is 0 Å². The Hall–Kier alpha value is -0.860. The summed E-state index contributed by atoms with van der Waals surface area (Å²) >= 11 is 0. The molecule has 0 aliphatic rings. The number of hydroxylamine groups is 1. The third-order valence-electron chi connectivity index (χ3n) is 2.23. The summed E-state index contributed by atoms with van der Waals surface area (Å²) in [6, 6.07) is 6.55. The first kappa shape index (κ1) is 10.2. The minimum absolute atomic E-state index is 0.774. The SMILES string of the molecule is CCc1ccc(C)c(CNOC)c1. The molecule has 0 bridgehead atoms. The molecule has 1 aromatic rings. The van der Waals surface area contributed by atoms with Gasteiger partial charge in [0.15, 0.2) is 0 Å². The molecule has 0 unspecified atom stereocenters. The van der Waals surface area contributed by atoms with E-state index in [9.17, 15) is 0 Å². The van der Waals surface area contributed by atoms with Gasteiger partial charge in [0.25, 0.3) is 0 Å². The average molecular weight is 179 g/mol. The van der Waals surface area contributed by atoms with Crippen molar-refractivity contribution in [1.29, 1.82) is 0 Å². The van der Waals surface area contributed by atoms with E-state index in [1.807, 2.05) is 0 Å². The molecule has 0 aliphatic heterocycles. The van der Waals surface area contributed by atoms with Gasteiger partial charge in [-0.25, -0.2) is 0 Å². The zero-order valence-electron chi connectivity index (χ0n) is 8.55. The Labute approximate surface area is 79.9 Å². The van der Waals surface area contributed by atoms with E-state index in [0.29, 0.717) is 0 Å². The van der Waals surface area contributed by atoms with Gasteiger partial charge in [0, 0.05) is 6.54 Å². The Morgan fingerprint density at radius 3 is 2.77 bits per heavy atom. The minimum atomic E-state index is 0.774. The lowest BCUT2D eigenvalue weighted by Gasteiger charge is -2.07. The van der Waals surface area contributed by atoms with Gasteiger partial charge < -0.3 is 4.84 Å². The Morgan fingerprint density at radius 1 is 1.38 bits per heavy atom. The first-order chi connectivity index (χ1) is 6.27. The fourth-order valence-electron chi connectivity index (χ4n) is 1.29. The predicted octanol–water partition coefficient (Wildman–Crippen LogP) is 2.21. The molecule has 0 saturated carbocycles. The van der Waals surface area contributed by atoms with Crippen molar-refractivity contribution in [3.8, 4) is 0 Å². The van der Waals surface area contributed by atoms with Crippen molar-refractivity contribution in [2.45, 2.75) is 26.8 Å². The van der Waals surface area contributed by atoms with Crippen molar-refractivity contribution in [3.63, 3.8) is 0 Å². The van der Waals surface area contributed by atoms with Gasteiger partial charge in [-0.15, -0.1) is 0 Å². The number of hydrogen-bond donors (Lipinski definition) is 1. The van der Waals surface area contributed by atoms with E-state index in [1.165, 1.54) is 16.7 Å². The molecule has 0 fully saturated rings. The third kappa shape index (κ3) is 2.83. The number of aryl methyl sites for hydroxylation is 2. The Bertz CT molecular complexity index is 271. The van der Waals surface area contributed by atoms with Crippen LogP contribution in [0.5, 0.6) is 0 Å². The molecule has 0 spiro atoms. The Kier molecular flexibility index (Phi) is 3.93. The normalized spacial score (nSPS) is 10.4. The maximum absolute atomic E-state index is 4.82. The lowest BCUT2D eigenvalue weighted by atomic mass is 10.0. The van der Waals surface area contributed by atoms with E-state index >= 15 is 0 Å². The topological polar surface area (TPSA) is 21.3 Å². The predicted molar refractivity (Wildman–Crippen MR) is 54.4 cm³/mol. The van der Waals surface area contributed by atoms with Crippen LogP contribution in [0.1, 0.15) is 23.6 Å². The largest absolute Gasteiger partial charge is 0.305 e. The van der Waals surface area contributed by atoms with Crippen molar-refractivity contribution in [2.75, 3.05) is 7.11 Å². The second kappa shape index (κ2) is 5.00. The molecule has 0 atom stereocenters. The minimum Gasteiger partial charge on any atom is -0.305 e. The van der Waals surface area contributed by atoms with Gasteiger partial charge >= 0.3 is 0 Å². The van der Waals surface area contributed by atoms with Crippen LogP contribution in [0, 0.1) is 6.92 Å². The van der Waals surface area contributed by atoms with Crippen LogP contribution in [0.3, 0.4) is 0 Å². The first-order valence-electron chi connectivity index (χ1n) is 4.62. The molecular formula is C11H17NO. The molecule has 0 amide bonds. The summed E-state index contributed by atoms with van der Waals surface area (Å²) < 4.78 is 0. The molecule has 0 radical (unpaired) electrons. The molecule has 0 aromatic heterocycles. The van der Waals surface area contributed by atoms with E-state index in [1.54, 1.807) is 7.11 Å². The molecular weight excluding hydrogens is 162 g/mol. The molecule has 1 rings (SSSR count). The van der Waals surface area contributed by atoms with Crippen LogP contribution >= 0.6 is 0 Å². The van der Waals surface area contributed by atoms with Gasteiger partial charge in [-0.2, -0.15) is 5.48 Å². The van der Waals surface area contributed by atoms with Gasteiger partial charge in [0.05, 0.1) is 7.11 Å². The maximum atomic E-state index is 4.82. The summed E-state index contributed by atoms with van der Waals surface area (Å²) in [5.41, 5.74) is 6.84. The average Bonchev–Trinajstić information content (AvgIpc) is 2.17. The zero-order valence-corrected chi connectivity index (χ0v) is 8.55. The lowest BCUT2D eigenvalue weighted by molar-refractivity contribution is 0.0866. The summed E-state index contributed by atoms with van der Waals surface area (Å²) in [5.74, 6) is 0. The van der Waals surface area contributed by atoms with Gasteiger partial charge in [-0.1, -0.05) is 25.1 Å². The molecule has 0 heterocycles.